The predicted molar refractivity (Wildman–Crippen MR) is 93.0 cm³/mol. The average Bonchev–Trinajstić information content (AvgIpc) is 3.23. The van der Waals surface area contributed by atoms with E-state index in [0.29, 0.717) is 5.88 Å². The summed E-state index contributed by atoms with van der Waals surface area (Å²) in [7, 11) is 3.30. The molecule has 1 fully saturated rings. The summed E-state index contributed by atoms with van der Waals surface area (Å²) in [5.74, 6) is 1.84. The lowest BCUT2D eigenvalue weighted by Crippen LogP contribution is -2.33. The summed E-state index contributed by atoms with van der Waals surface area (Å²) in [6.07, 6.45) is 2.00. The Morgan fingerprint density at radius 3 is 2.88 bits per heavy atom. The molecule has 1 N–H and O–H groups in total. The van der Waals surface area contributed by atoms with Crippen LogP contribution in [0, 0.1) is 6.92 Å². The molecule has 2 heterocycles. The van der Waals surface area contributed by atoms with Crippen LogP contribution in [0.15, 0.2) is 28.8 Å². The highest BCUT2D eigenvalue weighted by Gasteiger charge is 2.30. The Kier molecular flexibility index (Phi) is 5.23. The van der Waals surface area contributed by atoms with Crippen molar-refractivity contribution in [1.29, 1.82) is 0 Å². The topological polar surface area (TPSA) is 76.8 Å². The van der Waals surface area contributed by atoms with Gasteiger partial charge in [-0.2, -0.15) is 0 Å². The number of hydrogen-bond acceptors (Lipinski definition) is 6. The zero-order chi connectivity index (χ0) is 17.8. The highest BCUT2D eigenvalue weighted by molar-refractivity contribution is 5.91. The zero-order valence-electron chi connectivity index (χ0n) is 14.7. The smallest absolute Gasteiger partial charge is 0.240 e. The van der Waals surface area contributed by atoms with Crippen molar-refractivity contribution < 1.29 is 18.8 Å². The number of aromatic nitrogens is 1. The van der Waals surface area contributed by atoms with Crippen LogP contribution in [0.1, 0.15) is 30.1 Å². The molecule has 7 heteroatoms. The first kappa shape index (κ1) is 17.3. The standard InChI is InChI=1S/C18H23N3O4/c1-12-9-18(25-20-12)19-17(22)11-21-8-4-5-15(21)14-10-13(23-2)6-7-16(14)24-3/h6-7,9-10,15H,4-5,8,11H2,1-3H3,(H,19,22). The number of likely N-dealkylation sites (tertiary alicyclic amines) is 1. The van der Waals surface area contributed by atoms with E-state index in [2.05, 4.69) is 15.4 Å². The van der Waals surface area contributed by atoms with Crippen LogP contribution >= 0.6 is 0 Å². The van der Waals surface area contributed by atoms with Gasteiger partial charge in [0.15, 0.2) is 0 Å². The van der Waals surface area contributed by atoms with Crippen molar-refractivity contribution in [2.24, 2.45) is 0 Å². The predicted octanol–water partition coefficient (Wildman–Crippen LogP) is 2.78. The molecule has 0 saturated carbocycles. The number of methoxy groups -OCH3 is 2. The number of ether oxygens (including phenoxy) is 2. The molecule has 1 atom stereocenters. The van der Waals surface area contributed by atoms with Crippen LogP contribution in [0.25, 0.3) is 0 Å². The van der Waals surface area contributed by atoms with E-state index in [1.165, 1.54) is 0 Å². The monoisotopic (exact) mass is 345 g/mol. The number of rotatable bonds is 6. The fraction of sp³-hybridized carbons (Fsp3) is 0.444. The van der Waals surface area contributed by atoms with E-state index in [0.717, 1.165) is 42.1 Å². The van der Waals surface area contributed by atoms with E-state index in [9.17, 15) is 4.79 Å². The number of amides is 1. The molecule has 7 nitrogen and oxygen atoms in total. The third-order valence-electron chi connectivity index (χ3n) is 4.40. The van der Waals surface area contributed by atoms with Crippen LogP contribution in [0.2, 0.25) is 0 Å². The molecular weight excluding hydrogens is 322 g/mol. The maximum Gasteiger partial charge on any atom is 0.240 e. The molecule has 1 aromatic heterocycles. The number of nitrogens with zero attached hydrogens (tertiary/aromatic N) is 2. The molecule has 0 radical (unpaired) electrons. The van der Waals surface area contributed by atoms with Crippen molar-refractivity contribution in [3.63, 3.8) is 0 Å². The second kappa shape index (κ2) is 7.57. The van der Waals surface area contributed by atoms with Gasteiger partial charge in [-0.15, -0.1) is 0 Å². The minimum Gasteiger partial charge on any atom is -0.497 e. The van der Waals surface area contributed by atoms with Crippen LogP contribution in [0.3, 0.4) is 0 Å². The molecule has 1 aliphatic heterocycles. The number of carbonyl (C=O) groups is 1. The third kappa shape index (κ3) is 3.93. The van der Waals surface area contributed by atoms with Gasteiger partial charge >= 0.3 is 0 Å². The summed E-state index contributed by atoms with van der Waals surface area (Å²) in [5.41, 5.74) is 1.78. The van der Waals surface area contributed by atoms with Crippen molar-refractivity contribution in [3.8, 4) is 11.5 Å². The SMILES string of the molecule is COc1ccc(OC)c(C2CCCN2CC(=O)Nc2cc(C)no2)c1. The van der Waals surface area contributed by atoms with Crippen LogP contribution < -0.4 is 14.8 Å². The summed E-state index contributed by atoms with van der Waals surface area (Å²) in [4.78, 5) is 14.5. The molecule has 1 unspecified atom stereocenters. The molecule has 2 aromatic rings. The minimum atomic E-state index is -0.120. The van der Waals surface area contributed by atoms with E-state index >= 15 is 0 Å². The quantitative estimate of drug-likeness (QED) is 0.867. The Balaban J connectivity index is 1.73. The van der Waals surface area contributed by atoms with Gasteiger partial charge in [0, 0.05) is 17.7 Å². The summed E-state index contributed by atoms with van der Waals surface area (Å²) in [6.45, 7) is 2.95. The first-order valence-electron chi connectivity index (χ1n) is 8.30. The number of carbonyl (C=O) groups excluding carboxylic acids is 1. The maximum absolute atomic E-state index is 12.3. The van der Waals surface area contributed by atoms with Gasteiger partial charge in [0.2, 0.25) is 11.8 Å². The highest BCUT2D eigenvalue weighted by Crippen LogP contribution is 2.38. The maximum atomic E-state index is 12.3. The first-order chi connectivity index (χ1) is 12.1. The second-order valence-corrected chi connectivity index (χ2v) is 6.12. The fourth-order valence-corrected chi connectivity index (χ4v) is 3.25. The average molecular weight is 345 g/mol. The molecule has 0 spiro atoms. The minimum absolute atomic E-state index is 0.118. The lowest BCUT2D eigenvalue weighted by molar-refractivity contribution is -0.117. The van der Waals surface area contributed by atoms with E-state index in [4.69, 9.17) is 14.0 Å². The lowest BCUT2D eigenvalue weighted by Gasteiger charge is -2.25. The molecule has 0 aliphatic carbocycles. The second-order valence-electron chi connectivity index (χ2n) is 6.12. The zero-order valence-corrected chi connectivity index (χ0v) is 14.7. The van der Waals surface area contributed by atoms with Crippen LogP contribution in [0.5, 0.6) is 11.5 Å². The molecule has 1 amide bonds. The molecule has 1 saturated heterocycles. The van der Waals surface area contributed by atoms with Gasteiger partial charge in [-0.25, -0.2) is 0 Å². The Hall–Kier alpha value is -2.54. The van der Waals surface area contributed by atoms with Crippen molar-refractivity contribution in [1.82, 2.24) is 10.1 Å². The molecule has 3 rings (SSSR count). The van der Waals surface area contributed by atoms with Gasteiger partial charge < -0.3 is 14.0 Å². The Labute approximate surface area is 146 Å². The van der Waals surface area contributed by atoms with Gasteiger partial charge in [-0.3, -0.25) is 15.0 Å². The Morgan fingerprint density at radius 2 is 2.20 bits per heavy atom. The summed E-state index contributed by atoms with van der Waals surface area (Å²) in [5, 5.41) is 6.52. The first-order valence-corrected chi connectivity index (χ1v) is 8.30. The van der Waals surface area contributed by atoms with Gasteiger partial charge in [0.25, 0.3) is 0 Å². The van der Waals surface area contributed by atoms with E-state index in [1.54, 1.807) is 20.3 Å². The third-order valence-corrected chi connectivity index (χ3v) is 4.40. The number of aryl methyl sites for hydroxylation is 1. The van der Waals surface area contributed by atoms with Gasteiger partial charge in [0.1, 0.15) is 11.5 Å². The number of hydrogen-bond donors (Lipinski definition) is 1. The molecule has 0 bridgehead atoms. The van der Waals surface area contributed by atoms with Crippen molar-refractivity contribution in [3.05, 3.63) is 35.5 Å². The van der Waals surface area contributed by atoms with Crippen LogP contribution in [0.4, 0.5) is 5.88 Å². The molecule has 1 aromatic carbocycles. The van der Waals surface area contributed by atoms with E-state index < -0.39 is 0 Å². The van der Waals surface area contributed by atoms with E-state index in [1.807, 2.05) is 25.1 Å². The van der Waals surface area contributed by atoms with Gasteiger partial charge in [-0.1, -0.05) is 5.16 Å². The Morgan fingerprint density at radius 1 is 1.36 bits per heavy atom. The highest BCUT2D eigenvalue weighted by atomic mass is 16.5. The summed E-state index contributed by atoms with van der Waals surface area (Å²) >= 11 is 0. The van der Waals surface area contributed by atoms with Crippen molar-refractivity contribution in [2.75, 3.05) is 32.6 Å². The van der Waals surface area contributed by atoms with Gasteiger partial charge in [-0.05, 0) is 44.5 Å². The summed E-state index contributed by atoms with van der Waals surface area (Å²) < 4.78 is 15.9. The molecular formula is C18H23N3O4. The molecule has 25 heavy (non-hydrogen) atoms. The van der Waals surface area contributed by atoms with Crippen molar-refractivity contribution in [2.45, 2.75) is 25.8 Å². The van der Waals surface area contributed by atoms with Gasteiger partial charge in [0.05, 0.1) is 26.5 Å². The molecule has 1 aliphatic rings. The Bertz CT molecular complexity index is 744. The normalized spacial score (nSPS) is 17.5. The van der Waals surface area contributed by atoms with Crippen LogP contribution in [-0.4, -0.2) is 43.3 Å². The van der Waals surface area contributed by atoms with E-state index in [-0.39, 0.29) is 18.5 Å². The fourth-order valence-electron chi connectivity index (χ4n) is 3.25. The summed E-state index contributed by atoms with van der Waals surface area (Å²) in [6, 6.07) is 7.58. The number of nitrogens with one attached hydrogen (secondary N) is 1. The number of benzene rings is 1. The largest absolute Gasteiger partial charge is 0.497 e. The van der Waals surface area contributed by atoms with Crippen LogP contribution in [-0.2, 0) is 4.79 Å². The molecule has 134 valence electrons. The number of anilines is 1. The van der Waals surface area contributed by atoms with Crippen molar-refractivity contribution >= 4 is 11.8 Å². The lowest BCUT2D eigenvalue weighted by atomic mass is 10.0.